The Morgan fingerprint density at radius 3 is 1.67 bits per heavy atom. The third kappa shape index (κ3) is 5.40. The van der Waals surface area contributed by atoms with Crippen molar-refractivity contribution >= 4 is 10.8 Å². The van der Waals surface area contributed by atoms with Crippen molar-refractivity contribution in [2.75, 3.05) is 0 Å². The van der Waals surface area contributed by atoms with Gasteiger partial charge in [0.25, 0.3) is 0 Å². The van der Waals surface area contributed by atoms with Crippen LogP contribution in [0.25, 0.3) is 44.4 Å². The molecule has 2 aromatic heterocycles. The highest BCUT2D eigenvalue weighted by Crippen LogP contribution is 2.35. The number of hydrogen-bond donors (Lipinski definition) is 4. The van der Waals surface area contributed by atoms with E-state index in [2.05, 4.69) is 122 Å². The molecule has 39 heavy (non-hydrogen) atoms. The second-order valence-corrected chi connectivity index (χ2v) is 12.4. The van der Waals surface area contributed by atoms with E-state index in [1.165, 1.54) is 21.9 Å². The van der Waals surface area contributed by atoms with E-state index in [0.29, 0.717) is 0 Å². The summed E-state index contributed by atoms with van der Waals surface area (Å²) in [5.74, 6) is 1.65. The van der Waals surface area contributed by atoms with Crippen molar-refractivity contribution in [1.82, 2.24) is 19.9 Å². The van der Waals surface area contributed by atoms with Crippen LogP contribution in [0.4, 0.5) is 0 Å². The molecule has 0 aliphatic heterocycles. The van der Waals surface area contributed by atoms with Gasteiger partial charge in [0, 0.05) is 5.56 Å². The van der Waals surface area contributed by atoms with Gasteiger partial charge >= 0.3 is 0 Å². The standard InChI is InChI=1S/C33H40N6/c1-7-33(5,6)29(35)31-37-19-27(39-31)25-15-14-23-16-22(12-13-24(23)17-25)20-8-10-21(11-9-20)26-18-36-30(38-26)28(34)32(2,3)4/h8-19,28-29H,7,34-35H2,1-6H3,(H,36,38)(H,37,39). The van der Waals surface area contributed by atoms with Gasteiger partial charge in [0.1, 0.15) is 11.6 Å². The molecule has 6 nitrogen and oxygen atoms in total. The molecule has 0 fully saturated rings. The van der Waals surface area contributed by atoms with E-state index in [0.717, 1.165) is 40.6 Å². The number of aromatic nitrogens is 4. The lowest BCUT2D eigenvalue weighted by Crippen LogP contribution is -2.29. The van der Waals surface area contributed by atoms with Crippen molar-refractivity contribution < 1.29 is 0 Å². The summed E-state index contributed by atoms with van der Waals surface area (Å²) in [5, 5.41) is 2.38. The molecule has 5 aromatic rings. The predicted octanol–water partition coefficient (Wildman–Crippen LogP) is 7.77. The van der Waals surface area contributed by atoms with Crippen LogP contribution < -0.4 is 11.5 Å². The maximum Gasteiger partial charge on any atom is 0.124 e. The molecule has 0 spiro atoms. The van der Waals surface area contributed by atoms with E-state index < -0.39 is 0 Å². The molecule has 0 aliphatic rings. The Morgan fingerprint density at radius 2 is 1.10 bits per heavy atom. The SMILES string of the molecule is CCC(C)(C)C(N)c1ncc(-c2ccc3cc(-c4ccc(-c5cnc(C(N)C(C)(C)C)[nH]5)cc4)ccc3c2)[nH]1. The molecule has 3 aromatic carbocycles. The number of rotatable bonds is 7. The van der Waals surface area contributed by atoms with Gasteiger partial charge in [-0.2, -0.15) is 0 Å². The molecular formula is C33H40N6. The minimum atomic E-state index is -0.148. The summed E-state index contributed by atoms with van der Waals surface area (Å²) >= 11 is 0. The molecule has 2 heterocycles. The van der Waals surface area contributed by atoms with Crippen LogP contribution in [-0.4, -0.2) is 19.9 Å². The Bertz CT molecular complexity index is 1580. The highest BCUT2D eigenvalue weighted by Gasteiger charge is 2.28. The highest BCUT2D eigenvalue weighted by molar-refractivity contribution is 5.90. The quantitative estimate of drug-likeness (QED) is 0.176. The summed E-state index contributed by atoms with van der Waals surface area (Å²) < 4.78 is 0. The van der Waals surface area contributed by atoms with Gasteiger partial charge in [0.15, 0.2) is 0 Å². The van der Waals surface area contributed by atoms with Crippen molar-refractivity contribution in [2.45, 2.75) is 60.0 Å². The number of aromatic amines is 2. The first-order valence-electron chi connectivity index (χ1n) is 13.7. The lowest BCUT2D eigenvalue weighted by Gasteiger charge is -2.28. The molecule has 202 valence electrons. The first kappa shape index (κ1) is 26.9. The van der Waals surface area contributed by atoms with Gasteiger partial charge < -0.3 is 21.4 Å². The second kappa shape index (κ2) is 10.1. The number of benzene rings is 3. The number of fused-ring (bicyclic) bond motifs is 1. The topological polar surface area (TPSA) is 109 Å². The van der Waals surface area contributed by atoms with E-state index in [4.69, 9.17) is 11.5 Å². The van der Waals surface area contributed by atoms with Crippen molar-refractivity contribution in [1.29, 1.82) is 0 Å². The normalized spacial score (nSPS) is 14.1. The van der Waals surface area contributed by atoms with E-state index in [1.54, 1.807) is 0 Å². The summed E-state index contributed by atoms with van der Waals surface area (Å²) in [4.78, 5) is 16.0. The Labute approximate surface area is 231 Å². The molecule has 0 radical (unpaired) electrons. The Morgan fingerprint density at radius 1 is 0.641 bits per heavy atom. The number of imidazole rings is 2. The molecule has 0 saturated carbocycles. The van der Waals surface area contributed by atoms with Crippen molar-refractivity contribution in [3.63, 3.8) is 0 Å². The molecule has 6 N–H and O–H groups in total. The first-order chi connectivity index (χ1) is 18.5. The van der Waals surface area contributed by atoms with Crippen LogP contribution in [0, 0.1) is 10.8 Å². The molecule has 0 bridgehead atoms. The van der Waals surface area contributed by atoms with Crippen LogP contribution in [0.3, 0.4) is 0 Å². The number of nitrogens with one attached hydrogen (secondary N) is 2. The monoisotopic (exact) mass is 520 g/mol. The molecule has 2 unspecified atom stereocenters. The number of hydrogen-bond acceptors (Lipinski definition) is 4. The zero-order valence-electron chi connectivity index (χ0n) is 23.8. The fraction of sp³-hybridized carbons (Fsp3) is 0.333. The van der Waals surface area contributed by atoms with E-state index in [-0.39, 0.29) is 22.9 Å². The van der Waals surface area contributed by atoms with Crippen LogP contribution in [-0.2, 0) is 0 Å². The summed E-state index contributed by atoms with van der Waals surface area (Å²) in [6.45, 7) is 12.9. The summed E-state index contributed by atoms with van der Waals surface area (Å²) in [6, 6.07) is 21.4. The molecule has 0 aliphatic carbocycles. The smallest absolute Gasteiger partial charge is 0.124 e. The number of H-pyrrole nitrogens is 2. The minimum absolute atomic E-state index is 0.0197. The largest absolute Gasteiger partial charge is 0.341 e. The third-order valence-corrected chi connectivity index (χ3v) is 8.15. The van der Waals surface area contributed by atoms with E-state index in [1.807, 2.05) is 12.4 Å². The van der Waals surface area contributed by atoms with Crippen LogP contribution >= 0.6 is 0 Å². The zero-order chi connectivity index (χ0) is 27.9. The maximum atomic E-state index is 6.50. The molecule has 0 amide bonds. The fourth-order valence-electron chi connectivity index (χ4n) is 4.72. The van der Waals surface area contributed by atoms with Gasteiger partial charge in [-0.25, -0.2) is 9.97 Å². The summed E-state index contributed by atoms with van der Waals surface area (Å²) in [5.41, 5.74) is 19.3. The van der Waals surface area contributed by atoms with Crippen LogP contribution in [0.15, 0.2) is 73.1 Å². The minimum Gasteiger partial charge on any atom is -0.341 e. The van der Waals surface area contributed by atoms with Crippen LogP contribution in [0.1, 0.15) is 71.7 Å². The van der Waals surface area contributed by atoms with Gasteiger partial charge in [-0.15, -0.1) is 0 Å². The van der Waals surface area contributed by atoms with Gasteiger partial charge in [-0.3, -0.25) is 0 Å². The highest BCUT2D eigenvalue weighted by atomic mass is 15.0. The number of nitrogens with zero attached hydrogens (tertiary/aromatic N) is 2. The van der Waals surface area contributed by atoms with Gasteiger partial charge in [0.2, 0.25) is 0 Å². The molecule has 5 rings (SSSR count). The van der Waals surface area contributed by atoms with Crippen molar-refractivity contribution in [2.24, 2.45) is 22.3 Å². The lowest BCUT2D eigenvalue weighted by molar-refractivity contribution is 0.270. The van der Waals surface area contributed by atoms with E-state index in [9.17, 15) is 0 Å². The van der Waals surface area contributed by atoms with Crippen LogP contribution in [0.2, 0.25) is 0 Å². The fourth-order valence-corrected chi connectivity index (χ4v) is 4.72. The average Bonchev–Trinajstić information content (AvgIpc) is 3.62. The molecule has 2 atom stereocenters. The maximum absolute atomic E-state index is 6.50. The lowest BCUT2D eigenvalue weighted by atomic mass is 9.82. The summed E-state index contributed by atoms with van der Waals surface area (Å²) in [7, 11) is 0. The average molecular weight is 521 g/mol. The molecular weight excluding hydrogens is 480 g/mol. The van der Waals surface area contributed by atoms with Crippen LogP contribution in [0.5, 0.6) is 0 Å². The number of nitrogens with two attached hydrogens (primary N) is 2. The van der Waals surface area contributed by atoms with Crippen molar-refractivity contribution in [3.05, 3.63) is 84.7 Å². The second-order valence-electron chi connectivity index (χ2n) is 12.4. The first-order valence-corrected chi connectivity index (χ1v) is 13.7. The van der Waals surface area contributed by atoms with Gasteiger partial charge in [0.05, 0.1) is 35.9 Å². The van der Waals surface area contributed by atoms with Crippen molar-refractivity contribution in [3.8, 4) is 33.6 Å². The molecule has 0 saturated heterocycles. The molecule has 6 heteroatoms. The Kier molecular flexibility index (Phi) is 6.95. The van der Waals surface area contributed by atoms with Gasteiger partial charge in [-0.1, -0.05) is 90.1 Å². The summed E-state index contributed by atoms with van der Waals surface area (Å²) in [6.07, 6.45) is 4.74. The predicted molar refractivity (Wildman–Crippen MR) is 162 cm³/mol. The zero-order valence-corrected chi connectivity index (χ0v) is 23.8. The Balaban J connectivity index is 1.35. The Hall–Kier alpha value is -3.74. The van der Waals surface area contributed by atoms with E-state index >= 15 is 0 Å². The van der Waals surface area contributed by atoms with Gasteiger partial charge in [-0.05, 0) is 56.8 Å². The third-order valence-electron chi connectivity index (χ3n) is 8.15.